The van der Waals surface area contributed by atoms with Crippen LogP contribution in [0, 0.1) is 0 Å². The summed E-state index contributed by atoms with van der Waals surface area (Å²) in [5.74, 6) is 0. The molecule has 0 radical (unpaired) electrons. The standard InChI is InChI=1S/C19H21NO/c1-20(16-7-8-16)12-19(21)14-6-9-18-15(11-14)10-13-4-2-3-5-17(13)18/h2-6,9,11,16,19,21H,7-8,10,12H2,1H3. The van der Waals surface area contributed by atoms with Gasteiger partial charge in [0.15, 0.2) is 0 Å². The molecule has 0 saturated heterocycles. The second-order valence-corrected chi connectivity index (χ2v) is 6.44. The Hall–Kier alpha value is -1.64. The van der Waals surface area contributed by atoms with E-state index < -0.39 is 0 Å². The molecule has 1 N–H and O–H groups in total. The summed E-state index contributed by atoms with van der Waals surface area (Å²) in [7, 11) is 2.12. The molecule has 0 aromatic heterocycles. The molecule has 2 aromatic carbocycles. The van der Waals surface area contributed by atoms with Gasteiger partial charge in [-0.3, -0.25) is 0 Å². The van der Waals surface area contributed by atoms with Gasteiger partial charge >= 0.3 is 0 Å². The molecule has 1 atom stereocenters. The molecular weight excluding hydrogens is 258 g/mol. The van der Waals surface area contributed by atoms with Crippen molar-refractivity contribution in [2.75, 3.05) is 13.6 Å². The highest BCUT2D eigenvalue weighted by molar-refractivity contribution is 5.76. The minimum absolute atomic E-state index is 0.385. The van der Waals surface area contributed by atoms with Crippen molar-refractivity contribution in [2.24, 2.45) is 0 Å². The van der Waals surface area contributed by atoms with Crippen LogP contribution in [0.4, 0.5) is 0 Å². The highest BCUT2D eigenvalue weighted by Gasteiger charge is 2.28. The largest absolute Gasteiger partial charge is 0.387 e. The molecule has 108 valence electrons. The fourth-order valence-corrected chi connectivity index (χ4v) is 3.41. The number of benzene rings is 2. The number of nitrogens with zero attached hydrogens (tertiary/aromatic N) is 1. The lowest BCUT2D eigenvalue weighted by Crippen LogP contribution is -2.26. The maximum absolute atomic E-state index is 10.5. The van der Waals surface area contributed by atoms with E-state index in [1.54, 1.807) is 0 Å². The maximum atomic E-state index is 10.5. The fourth-order valence-electron chi connectivity index (χ4n) is 3.41. The topological polar surface area (TPSA) is 23.5 Å². The van der Waals surface area contributed by atoms with Crippen LogP contribution in [0.15, 0.2) is 42.5 Å². The molecule has 2 aliphatic rings. The van der Waals surface area contributed by atoms with Crippen LogP contribution in [0.3, 0.4) is 0 Å². The van der Waals surface area contributed by atoms with Crippen molar-refractivity contribution < 1.29 is 5.11 Å². The van der Waals surface area contributed by atoms with Gasteiger partial charge in [0.1, 0.15) is 0 Å². The van der Waals surface area contributed by atoms with Gasteiger partial charge in [0.25, 0.3) is 0 Å². The summed E-state index contributed by atoms with van der Waals surface area (Å²) < 4.78 is 0. The van der Waals surface area contributed by atoms with E-state index in [4.69, 9.17) is 0 Å². The summed E-state index contributed by atoms with van der Waals surface area (Å²) in [5, 5.41) is 10.5. The Labute approximate surface area is 126 Å². The van der Waals surface area contributed by atoms with Gasteiger partial charge in [0.2, 0.25) is 0 Å². The van der Waals surface area contributed by atoms with E-state index in [9.17, 15) is 5.11 Å². The number of fused-ring (bicyclic) bond motifs is 3. The number of likely N-dealkylation sites (N-methyl/N-ethyl adjacent to an activating group) is 1. The molecule has 2 aliphatic carbocycles. The Morgan fingerprint density at radius 2 is 1.86 bits per heavy atom. The minimum Gasteiger partial charge on any atom is -0.387 e. The van der Waals surface area contributed by atoms with E-state index in [0.29, 0.717) is 6.04 Å². The van der Waals surface area contributed by atoms with Crippen molar-refractivity contribution in [2.45, 2.75) is 31.4 Å². The van der Waals surface area contributed by atoms with Gasteiger partial charge in [-0.1, -0.05) is 42.5 Å². The monoisotopic (exact) mass is 279 g/mol. The number of hydrogen-bond donors (Lipinski definition) is 1. The Bertz CT molecular complexity index is 675. The third-order valence-corrected chi connectivity index (χ3v) is 4.83. The highest BCUT2D eigenvalue weighted by atomic mass is 16.3. The smallest absolute Gasteiger partial charge is 0.0917 e. The summed E-state index contributed by atoms with van der Waals surface area (Å²) >= 11 is 0. The number of aliphatic hydroxyl groups is 1. The molecule has 1 saturated carbocycles. The number of rotatable bonds is 4. The van der Waals surface area contributed by atoms with Gasteiger partial charge in [-0.2, -0.15) is 0 Å². The molecule has 4 rings (SSSR count). The first-order chi connectivity index (χ1) is 10.2. The Morgan fingerprint density at radius 3 is 2.67 bits per heavy atom. The molecule has 0 spiro atoms. The average molecular weight is 279 g/mol. The predicted octanol–water partition coefficient (Wildman–Crippen LogP) is 3.39. The van der Waals surface area contributed by atoms with Gasteiger partial charge in [-0.15, -0.1) is 0 Å². The van der Waals surface area contributed by atoms with E-state index >= 15 is 0 Å². The quantitative estimate of drug-likeness (QED) is 0.791. The minimum atomic E-state index is -0.385. The predicted molar refractivity (Wildman–Crippen MR) is 85.3 cm³/mol. The van der Waals surface area contributed by atoms with E-state index in [1.807, 2.05) is 0 Å². The lowest BCUT2D eigenvalue weighted by Gasteiger charge is -2.20. The van der Waals surface area contributed by atoms with Crippen LogP contribution < -0.4 is 0 Å². The van der Waals surface area contributed by atoms with Crippen LogP contribution in [0.25, 0.3) is 11.1 Å². The number of hydrogen-bond acceptors (Lipinski definition) is 2. The van der Waals surface area contributed by atoms with Crippen molar-refractivity contribution in [3.8, 4) is 11.1 Å². The zero-order chi connectivity index (χ0) is 14.4. The molecule has 21 heavy (non-hydrogen) atoms. The SMILES string of the molecule is CN(CC(O)c1ccc2c(c1)Cc1ccccc1-2)C1CC1. The molecule has 2 nitrogen and oxygen atoms in total. The Balaban J connectivity index is 1.57. The van der Waals surface area contributed by atoms with Crippen LogP contribution >= 0.6 is 0 Å². The zero-order valence-corrected chi connectivity index (χ0v) is 12.4. The average Bonchev–Trinajstić information content (AvgIpc) is 3.27. The van der Waals surface area contributed by atoms with Crippen molar-refractivity contribution in [1.29, 1.82) is 0 Å². The van der Waals surface area contributed by atoms with E-state index in [-0.39, 0.29) is 6.10 Å². The molecule has 0 amide bonds. The van der Waals surface area contributed by atoms with E-state index in [1.165, 1.54) is 35.1 Å². The third-order valence-electron chi connectivity index (χ3n) is 4.83. The highest BCUT2D eigenvalue weighted by Crippen LogP contribution is 2.37. The summed E-state index contributed by atoms with van der Waals surface area (Å²) in [6, 6.07) is 15.7. The third kappa shape index (κ3) is 2.39. The second kappa shape index (κ2) is 4.97. The van der Waals surface area contributed by atoms with Crippen molar-refractivity contribution in [3.05, 3.63) is 59.2 Å². The van der Waals surface area contributed by atoms with Gasteiger partial charge in [-0.25, -0.2) is 0 Å². The second-order valence-electron chi connectivity index (χ2n) is 6.44. The first-order valence-corrected chi connectivity index (χ1v) is 7.82. The number of aliphatic hydroxyl groups excluding tert-OH is 1. The molecule has 0 heterocycles. The summed E-state index contributed by atoms with van der Waals surface area (Å²) in [5.41, 5.74) is 6.48. The maximum Gasteiger partial charge on any atom is 0.0917 e. The molecule has 0 aliphatic heterocycles. The molecule has 1 unspecified atom stereocenters. The molecule has 2 aromatic rings. The first kappa shape index (κ1) is 13.1. The fraction of sp³-hybridized carbons (Fsp3) is 0.368. The summed E-state index contributed by atoms with van der Waals surface area (Å²) in [6.07, 6.45) is 3.17. The Kier molecular flexibility index (Phi) is 3.09. The van der Waals surface area contributed by atoms with Crippen LogP contribution in [0.2, 0.25) is 0 Å². The normalized spacial score (nSPS) is 17.7. The van der Waals surface area contributed by atoms with E-state index in [2.05, 4.69) is 54.4 Å². The van der Waals surface area contributed by atoms with Crippen LogP contribution in [-0.4, -0.2) is 29.6 Å². The zero-order valence-electron chi connectivity index (χ0n) is 12.4. The molecule has 2 heteroatoms. The lowest BCUT2D eigenvalue weighted by atomic mass is 10.0. The van der Waals surface area contributed by atoms with Crippen molar-refractivity contribution in [3.63, 3.8) is 0 Å². The van der Waals surface area contributed by atoms with E-state index in [0.717, 1.165) is 18.5 Å². The van der Waals surface area contributed by atoms with Gasteiger partial charge < -0.3 is 10.0 Å². The van der Waals surface area contributed by atoms with Crippen molar-refractivity contribution in [1.82, 2.24) is 4.90 Å². The van der Waals surface area contributed by atoms with Crippen LogP contribution in [-0.2, 0) is 6.42 Å². The van der Waals surface area contributed by atoms with Gasteiger partial charge in [0.05, 0.1) is 6.10 Å². The van der Waals surface area contributed by atoms with Crippen molar-refractivity contribution >= 4 is 0 Å². The van der Waals surface area contributed by atoms with Gasteiger partial charge in [-0.05, 0) is 54.1 Å². The van der Waals surface area contributed by atoms with Crippen LogP contribution in [0.1, 0.15) is 35.6 Å². The van der Waals surface area contributed by atoms with Crippen LogP contribution in [0.5, 0.6) is 0 Å². The molecule has 0 bridgehead atoms. The summed E-state index contributed by atoms with van der Waals surface area (Å²) in [6.45, 7) is 0.733. The Morgan fingerprint density at radius 1 is 1.10 bits per heavy atom. The summed E-state index contributed by atoms with van der Waals surface area (Å²) in [4.78, 5) is 2.28. The lowest BCUT2D eigenvalue weighted by molar-refractivity contribution is 0.123. The molecular formula is C19H21NO. The van der Waals surface area contributed by atoms with Gasteiger partial charge in [0, 0.05) is 12.6 Å². The first-order valence-electron chi connectivity index (χ1n) is 7.82. The molecule has 1 fully saturated rings.